The summed E-state index contributed by atoms with van der Waals surface area (Å²) in [4.78, 5) is 22.4. The first-order chi connectivity index (χ1) is 7.93. The summed E-state index contributed by atoms with van der Waals surface area (Å²) in [5.74, 6) is -1.77. The summed E-state index contributed by atoms with van der Waals surface area (Å²) >= 11 is 5.56. The molecule has 2 rings (SSSR count). The van der Waals surface area contributed by atoms with Crippen molar-refractivity contribution in [2.75, 3.05) is 0 Å². The van der Waals surface area contributed by atoms with Crippen molar-refractivity contribution in [3.8, 4) is 0 Å². The summed E-state index contributed by atoms with van der Waals surface area (Å²) < 4.78 is 0. The summed E-state index contributed by atoms with van der Waals surface area (Å²) in [5, 5.41) is 16.0. The van der Waals surface area contributed by atoms with Gasteiger partial charge in [0.1, 0.15) is 5.17 Å². The Labute approximate surface area is 102 Å². The Morgan fingerprint density at radius 2 is 1.88 bits per heavy atom. The van der Waals surface area contributed by atoms with Crippen LogP contribution in [0.3, 0.4) is 0 Å². The number of amides is 1. The zero-order valence-electron chi connectivity index (χ0n) is 8.71. The van der Waals surface area contributed by atoms with E-state index in [1.165, 1.54) is 6.07 Å². The molecule has 1 aromatic rings. The zero-order chi connectivity index (χ0) is 12.7. The highest BCUT2D eigenvalue weighted by molar-refractivity contribution is 6.69. The van der Waals surface area contributed by atoms with Crippen LogP contribution in [0, 0.1) is 5.41 Å². The van der Waals surface area contributed by atoms with E-state index in [9.17, 15) is 9.59 Å². The predicted molar refractivity (Wildman–Crippen MR) is 62.0 cm³/mol. The quantitative estimate of drug-likeness (QED) is 0.703. The molecule has 88 valence electrons. The van der Waals surface area contributed by atoms with Gasteiger partial charge in [-0.3, -0.25) is 10.2 Å². The van der Waals surface area contributed by atoms with Crippen LogP contribution in [0.1, 0.15) is 37.4 Å². The second-order valence-corrected chi connectivity index (χ2v) is 4.17. The van der Waals surface area contributed by atoms with Gasteiger partial charge in [-0.25, -0.2) is 4.79 Å². The zero-order valence-corrected chi connectivity index (χ0v) is 9.47. The van der Waals surface area contributed by atoms with Gasteiger partial charge in [0.25, 0.3) is 0 Å². The topological polar surface area (TPSA) is 104 Å². The summed E-state index contributed by atoms with van der Waals surface area (Å²) in [6, 6.07) is 1.25. The molecular weight excluding hydrogens is 244 g/mol. The molecule has 0 bridgehead atoms. The second-order valence-electron chi connectivity index (χ2n) is 3.79. The highest BCUT2D eigenvalue weighted by Crippen LogP contribution is 2.33. The van der Waals surface area contributed by atoms with Gasteiger partial charge in [0.2, 0.25) is 5.91 Å². The number of carboxylic acids is 1. The number of nitrogens with one attached hydrogen (secondary N) is 1. The van der Waals surface area contributed by atoms with Crippen molar-refractivity contribution >= 4 is 28.6 Å². The summed E-state index contributed by atoms with van der Waals surface area (Å²) in [5.41, 5.74) is 6.83. The minimum atomic E-state index is -1.09. The number of nitrogens with two attached hydrogens (primary N) is 1. The molecule has 1 aliphatic rings. The predicted octanol–water partition coefficient (Wildman–Crippen LogP) is 1.15. The molecule has 0 unspecified atom stereocenters. The van der Waals surface area contributed by atoms with E-state index in [0.29, 0.717) is 24.0 Å². The van der Waals surface area contributed by atoms with Crippen molar-refractivity contribution < 1.29 is 14.7 Å². The number of aromatic carboxylic acids is 1. The highest BCUT2D eigenvalue weighted by Gasteiger charge is 2.29. The first-order valence-corrected chi connectivity index (χ1v) is 5.27. The third kappa shape index (κ3) is 1.68. The van der Waals surface area contributed by atoms with Gasteiger partial charge in [0.05, 0.1) is 11.1 Å². The van der Waals surface area contributed by atoms with Crippen LogP contribution < -0.4 is 5.73 Å². The largest absolute Gasteiger partial charge is 0.478 e. The van der Waals surface area contributed by atoms with Gasteiger partial charge < -0.3 is 10.8 Å². The van der Waals surface area contributed by atoms with Crippen LogP contribution in [-0.4, -0.2) is 22.2 Å². The number of rotatable bonds is 3. The Bertz CT molecular complexity index is 566. The summed E-state index contributed by atoms with van der Waals surface area (Å²) in [6.07, 6.45) is 1.19. The smallest absolute Gasteiger partial charge is 0.335 e. The van der Waals surface area contributed by atoms with E-state index in [1.54, 1.807) is 0 Å². The SMILES string of the molecule is N=C(Cl)c1cc(C(=O)O)c2c(c1C(N)=O)CC2. The average Bonchev–Trinajstić information content (AvgIpc) is 2.17. The van der Waals surface area contributed by atoms with Crippen molar-refractivity contribution in [2.45, 2.75) is 12.8 Å². The average molecular weight is 253 g/mol. The van der Waals surface area contributed by atoms with E-state index in [0.717, 1.165) is 0 Å². The van der Waals surface area contributed by atoms with E-state index in [4.69, 9.17) is 27.9 Å². The molecule has 0 saturated heterocycles. The Morgan fingerprint density at radius 1 is 1.29 bits per heavy atom. The Kier molecular flexibility index (Phi) is 2.63. The normalized spacial score (nSPS) is 12.5. The molecule has 17 heavy (non-hydrogen) atoms. The van der Waals surface area contributed by atoms with Gasteiger partial charge in [-0.05, 0) is 30.0 Å². The van der Waals surface area contributed by atoms with Crippen molar-refractivity contribution in [3.05, 3.63) is 33.9 Å². The van der Waals surface area contributed by atoms with E-state index in [1.807, 2.05) is 0 Å². The summed E-state index contributed by atoms with van der Waals surface area (Å²) in [6.45, 7) is 0. The third-order valence-corrected chi connectivity index (χ3v) is 3.09. The fraction of sp³-hybridized carbons (Fsp3) is 0.182. The van der Waals surface area contributed by atoms with Crippen LogP contribution in [0.4, 0.5) is 0 Å². The maximum Gasteiger partial charge on any atom is 0.335 e. The molecule has 4 N–H and O–H groups in total. The lowest BCUT2D eigenvalue weighted by atomic mass is 9.79. The standard InChI is InChI=1S/C11H9ClN2O3/c12-9(13)7-3-6(11(16)17)4-1-2-5(4)8(7)10(14)15/h3,13H,1-2H2,(H2,14,15)(H,16,17). The van der Waals surface area contributed by atoms with E-state index in [2.05, 4.69) is 0 Å². The number of halogens is 1. The van der Waals surface area contributed by atoms with Crippen LogP contribution in [0.2, 0.25) is 0 Å². The Hall–Kier alpha value is -1.88. The van der Waals surface area contributed by atoms with Crippen molar-refractivity contribution in [1.29, 1.82) is 5.41 Å². The van der Waals surface area contributed by atoms with Crippen LogP contribution in [0.5, 0.6) is 0 Å². The molecule has 1 aromatic carbocycles. The summed E-state index contributed by atoms with van der Waals surface area (Å²) in [7, 11) is 0. The van der Waals surface area contributed by atoms with Gasteiger partial charge in [0, 0.05) is 5.56 Å². The number of primary amides is 1. The number of fused-ring (bicyclic) bond motifs is 1. The molecule has 6 heteroatoms. The minimum absolute atomic E-state index is 0.0926. The van der Waals surface area contributed by atoms with Gasteiger partial charge >= 0.3 is 5.97 Å². The van der Waals surface area contributed by atoms with E-state index in [-0.39, 0.29) is 21.9 Å². The molecule has 0 atom stereocenters. The van der Waals surface area contributed by atoms with Crippen molar-refractivity contribution in [2.24, 2.45) is 5.73 Å². The Morgan fingerprint density at radius 3 is 2.24 bits per heavy atom. The molecule has 5 nitrogen and oxygen atoms in total. The maximum absolute atomic E-state index is 11.3. The van der Waals surface area contributed by atoms with E-state index >= 15 is 0 Å². The molecule has 0 aromatic heterocycles. The Balaban J connectivity index is 2.78. The van der Waals surface area contributed by atoms with Gasteiger partial charge in [-0.1, -0.05) is 11.6 Å². The highest BCUT2D eigenvalue weighted by atomic mass is 35.5. The van der Waals surface area contributed by atoms with Crippen molar-refractivity contribution in [3.63, 3.8) is 0 Å². The van der Waals surface area contributed by atoms with Crippen LogP contribution in [-0.2, 0) is 12.8 Å². The van der Waals surface area contributed by atoms with Gasteiger partial charge in [0.15, 0.2) is 0 Å². The fourth-order valence-corrected chi connectivity index (χ4v) is 2.21. The molecule has 0 aliphatic heterocycles. The fourth-order valence-electron chi connectivity index (χ4n) is 2.06. The molecular formula is C11H9ClN2O3. The number of carboxylic acid groups (broad SMARTS) is 1. The monoisotopic (exact) mass is 252 g/mol. The molecule has 0 heterocycles. The van der Waals surface area contributed by atoms with Gasteiger partial charge in [-0.2, -0.15) is 0 Å². The third-order valence-electron chi connectivity index (χ3n) is 2.89. The minimum Gasteiger partial charge on any atom is -0.478 e. The number of hydrogen-bond acceptors (Lipinski definition) is 3. The molecule has 0 saturated carbocycles. The van der Waals surface area contributed by atoms with Crippen molar-refractivity contribution in [1.82, 2.24) is 0 Å². The van der Waals surface area contributed by atoms with Crippen LogP contribution >= 0.6 is 11.6 Å². The number of benzene rings is 1. The lowest BCUT2D eigenvalue weighted by Crippen LogP contribution is -2.26. The van der Waals surface area contributed by atoms with Crippen LogP contribution in [0.25, 0.3) is 0 Å². The lowest BCUT2D eigenvalue weighted by Gasteiger charge is -2.25. The number of hydrogen-bond donors (Lipinski definition) is 3. The van der Waals surface area contributed by atoms with E-state index < -0.39 is 11.9 Å². The molecule has 0 radical (unpaired) electrons. The molecule has 0 fully saturated rings. The first kappa shape index (κ1) is 11.6. The lowest BCUT2D eigenvalue weighted by molar-refractivity contribution is 0.0694. The second kappa shape index (κ2) is 3.85. The van der Waals surface area contributed by atoms with Gasteiger partial charge in [-0.15, -0.1) is 0 Å². The molecule has 0 spiro atoms. The number of carbonyl (C=O) groups excluding carboxylic acids is 1. The number of carbonyl (C=O) groups is 2. The molecule has 1 amide bonds. The molecule has 1 aliphatic carbocycles. The maximum atomic E-state index is 11.3. The first-order valence-electron chi connectivity index (χ1n) is 4.89. The van der Waals surface area contributed by atoms with Crippen LogP contribution in [0.15, 0.2) is 6.07 Å².